The Bertz CT molecular complexity index is 730. The van der Waals surface area contributed by atoms with Crippen molar-refractivity contribution in [2.45, 2.75) is 51.9 Å². The van der Waals surface area contributed by atoms with Gasteiger partial charge in [0.2, 0.25) is 11.9 Å². The van der Waals surface area contributed by atoms with Crippen molar-refractivity contribution < 1.29 is 4.79 Å². The summed E-state index contributed by atoms with van der Waals surface area (Å²) in [5, 5.41) is 10.8. The molecule has 0 aliphatic carbocycles. The fourth-order valence-corrected chi connectivity index (χ4v) is 4.30. The molecule has 1 saturated heterocycles. The minimum atomic E-state index is 0.0111. The summed E-state index contributed by atoms with van der Waals surface area (Å²) in [6.45, 7) is 6.29. The summed E-state index contributed by atoms with van der Waals surface area (Å²) in [7, 11) is 1.84. The molecule has 0 atom stereocenters. The maximum atomic E-state index is 12.2. The maximum absolute atomic E-state index is 12.2. The Balaban J connectivity index is 1.50. The van der Waals surface area contributed by atoms with Crippen LogP contribution >= 0.6 is 11.3 Å². The quantitative estimate of drug-likeness (QED) is 0.830. The highest BCUT2D eigenvalue weighted by atomic mass is 32.1. The van der Waals surface area contributed by atoms with Crippen LogP contribution < -0.4 is 10.6 Å². The van der Waals surface area contributed by atoms with Gasteiger partial charge in [0.25, 0.3) is 0 Å². The summed E-state index contributed by atoms with van der Waals surface area (Å²) in [5.74, 6) is 1.81. The zero-order chi connectivity index (χ0) is 17.8. The smallest absolute Gasteiger partial charge is 0.227 e. The van der Waals surface area contributed by atoms with E-state index in [1.165, 1.54) is 15.3 Å². The predicted octanol–water partition coefficient (Wildman–Crippen LogP) is 2.92. The second-order valence-electron chi connectivity index (χ2n) is 6.78. The van der Waals surface area contributed by atoms with Crippen LogP contribution in [0.15, 0.2) is 6.07 Å². The number of carbonyl (C=O) groups is 1. The van der Waals surface area contributed by atoms with Crippen molar-refractivity contribution >= 4 is 23.2 Å². The minimum Gasteiger partial charge on any atom is -0.317 e. The van der Waals surface area contributed by atoms with Gasteiger partial charge in [0, 0.05) is 29.1 Å². The van der Waals surface area contributed by atoms with E-state index in [0.29, 0.717) is 18.3 Å². The molecule has 2 aromatic heterocycles. The normalized spacial score (nSPS) is 15.5. The van der Waals surface area contributed by atoms with E-state index in [1.54, 1.807) is 4.68 Å². The lowest BCUT2D eigenvalue weighted by Gasteiger charge is -2.19. The van der Waals surface area contributed by atoms with Crippen LogP contribution in [0.5, 0.6) is 0 Å². The van der Waals surface area contributed by atoms with E-state index in [2.05, 4.69) is 40.6 Å². The summed E-state index contributed by atoms with van der Waals surface area (Å²) in [5.41, 5.74) is 1.36. The number of aryl methyl sites for hydroxylation is 4. The molecule has 0 unspecified atom stereocenters. The second kappa shape index (κ2) is 8.10. The lowest BCUT2D eigenvalue weighted by Crippen LogP contribution is -2.27. The number of amides is 1. The molecule has 0 saturated carbocycles. The van der Waals surface area contributed by atoms with Gasteiger partial charge in [0.1, 0.15) is 0 Å². The van der Waals surface area contributed by atoms with Gasteiger partial charge in [-0.15, -0.1) is 11.3 Å². The van der Waals surface area contributed by atoms with Crippen LogP contribution in [0.25, 0.3) is 0 Å². The van der Waals surface area contributed by atoms with Gasteiger partial charge >= 0.3 is 0 Å². The van der Waals surface area contributed by atoms with Gasteiger partial charge in [-0.1, -0.05) is 0 Å². The number of carbonyl (C=O) groups excluding carboxylic acids is 1. The number of thiophene rings is 1. The number of nitrogens with zero attached hydrogens (tertiary/aromatic N) is 3. The van der Waals surface area contributed by atoms with Crippen molar-refractivity contribution in [3.05, 3.63) is 27.2 Å². The highest BCUT2D eigenvalue weighted by Crippen LogP contribution is 2.24. The molecule has 0 bridgehead atoms. The Morgan fingerprint density at radius 1 is 1.40 bits per heavy atom. The number of aromatic nitrogens is 3. The minimum absolute atomic E-state index is 0.0111. The van der Waals surface area contributed by atoms with E-state index in [1.807, 2.05) is 18.4 Å². The van der Waals surface area contributed by atoms with Gasteiger partial charge in [-0.2, -0.15) is 10.1 Å². The van der Waals surface area contributed by atoms with E-state index < -0.39 is 0 Å². The third-order valence-corrected chi connectivity index (χ3v) is 5.74. The van der Waals surface area contributed by atoms with E-state index in [-0.39, 0.29) is 5.91 Å². The van der Waals surface area contributed by atoms with Crippen LogP contribution in [0, 0.1) is 13.8 Å². The molecule has 7 heteroatoms. The SMILES string of the molecule is Cc1cc(CCCC(=O)Nc2nc(C3CCNCC3)nn2C)c(C)s1. The lowest BCUT2D eigenvalue weighted by molar-refractivity contribution is -0.116. The topological polar surface area (TPSA) is 71.8 Å². The molecule has 2 aromatic rings. The molecule has 1 aliphatic rings. The molecule has 3 heterocycles. The maximum Gasteiger partial charge on any atom is 0.227 e. The van der Waals surface area contributed by atoms with Crippen molar-refractivity contribution in [2.24, 2.45) is 7.05 Å². The molecule has 3 rings (SSSR count). The van der Waals surface area contributed by atoms with Gasteiger partial charge in [-0.3, -0.25) is 10.1 Å². The van der Waals surface area contributed by atoms with Crippen molar-refractivity contribution in [1.82, 2.24) is 20.1 Å². The lowest BCUT2D eigenvalue weighted by atomic mass is 9.98. The summed E-state index contributed by atoms with van der Waals surface area (Å²) in [6, 6.07) is 2.23. The molecular formula is C18H27N5OS. The molecule has 6 nitrogen and oxygen atoms in total. The molecule has 0 radical (unpaired) electrons. The van der Waals surface area contributed by atoms with Crippen molar-refractivity contribution in [1.29, 1.82) is 0 Å². The second-order valence-corrected chi connectivity index (χ2v) is 8.24. The van der Waals surface area contributed by atoms with Crippen molar-refractivity contribution in [2.75, 3.05) is 18.4 Å². The van der Waals surface area contributed by atoms with Crippen LogP contribution in [-0.4, -0.2) is 33.8 Å². The Morgan fingerprint density at radius 2 is 2.16 bits per heavy atom. The number of hydrogen-bond donors (Lipinski definition) is 2. The van der Waals surface area contributed by atoms with Crippen LogP contribution in [0.1, 0.15) is 52.7 Å². The number of anilines is 1. The molecule has 0 aromatic carbocycles. The third-order valence-electron chi connectivity index (χ3n) is 4.73. The summed E-state index contributed by atoms with van der Waals surface area (Å²) in [6.07, 6.45) is 4.40. The van der Waals surface area contributed by atoms with E-state index >= 15 is 0 Å². The molecular weight excluding hydrogens is 334 g/mol. The Hall–Kier alpha value is -1.73. The Kier molecular flexibility index (Phi) is 5.86. The van der Waals surface area contributed by atoms with E-state index in [4.69, 9.17) is 0 Å². The summed E-state index contributed by atoms with van der Waals surface area (Å²) in [4.78, 5) is 19.5. The van der Waals surface area contributed by atoms with Gasteiger partial charge in [-0.25, -0.2) is 4.68 Å². The number of piperidine rings is 1. The van der Waals surface area contributed by atoms with Crippen LogP contribution in [0.3, 0.4) is 0 Å². The zero-order valence-electron chi connectivity index (χ0n) is 15.3. The first-order chi connectivity index (χ1) is 12.0. The molecule has 0 spiro atoms. The predicted molar refractivity (Wildman–Crippen MR) is 101 cm³/mol. The first kappa shape index (κ1) is 18.1. The first-order valence-corrected chi connectivity index (χ1v) is 9.82. The van der Waals surface area contributed by atoms with Gasteiger partial charge < -0.3 is 5.32 Å². The van der Waals surface area contributed by atoms with E-state index in [9.17, 15) is 4.79 Å². The third kappa shape index (κ3) is 4.67. The van der Waals surface area contributed by atoms with Gasteiger partial charge in [0.05, 0.1) is 0 Å². The average Bonchev–Trinajstić information content (AvgIpc) is 3.10. The average molecular weight is 362 g/mol. The fourth-order valence-electron chi connectivity index (χ4n) is 3.32. The van der Waals surface area contributed by atoms with Crippen LogP contribution in [0.4, 0.5) is 5.95 Å². The molecule has 1 amide bonds. The zero-order valence-corrected chi connectivity index (χ0v) is 16.1. The molecule has 1 aliphatic heterocycles. The molecule has 2 N–H and O–H groups in total. The molecule has 136 valence electrons. The van der Waals surface area contributed by atoms with Crippen LogP contribution in [-0.2, 0) is 18.3 Å². The number of rotatable bonds is 6. The number of nitrogens with one attached hydrogen (secondary N) is 2. The summed E-state index contributed by atoms with van der Waals surface area (Å²) >= 11 is 1.82. The van der Waals surface area contributed by atoms with Gasteiger partial charge in [0.15, 0.2) is 5.82 Å². The molecule has 25 heavy (non-hydrogen) atoms. The fraction of sp³-hybridized carbons (Fsp3) is 0.611. The summed E-state index contributed by atoms with van der Waals surface area (Å²) < 4.78 is 1.68. The Labute approximate surface area is 153 Å². The number of hydrogen-bond acceptors (Lipinski definition) is 5. The largest absolute Gasteiger partial charge is 0.317 e. The standard InChI is InChI=1S/C18H27N5OS/c1-12-11-15(13(2)25-12)5-4-6-16(24)20-18-21-17(22-23(18)3)14-7-9-19-10-8-14/h11,14,19H,4-10H2,1-3H3,(H,20,21,22,24). The van der Waals surface area contributed by atoms with E-state index in [0.717, 1.165) is 44.6 Å². The highest BCUT2D eigenvalue weighted by molar-refractivity contribution is 7.12. The monoisotopic (exact) mass is 361 g/mol. The van der Waals surface area contributed by atoms with Crippen LogP contribution in [0.2, 0.25) is 0 Å². The van der Waals surface area contributed by atoms with Crippen molar-refractivity contribution in [3.63, 3.8) is 0 Å². The first-order valence-electron chi connectivity index (χ1n) is 9.00. The highest BCUT2D eigenvalue weighted by Gasteiger charge is 2.21. The van der Waals surface area contributed by atoms with Crippen molar-refractivity contribution in [3.8, 4) is 0 Å². The molecule has 1 fully saturated rings. The Morgan fingerprint density at radius 3 is 2.84 bits per heavy atom. The van der Waals surface area contributed by atoms with Gasteiger partial charge in [-0.05, 0) is 64.3 Å².